The Labute approximate surface area is 106 Å². The number of rotatable bonds is 2. The SMILES string of the molecule is C=C1O[C@@H](c2ccccc2)[C@H](c2ccccc2)O1. The molecule has 2 atom stereocenters. The van der Waals surface area contributed by atoms with Gasteiger partial charge in [0, 0.05) is 0 Å². The van der Waals surface area contributed by atoms with E-state index in [9.17, 15) is 0 Å². The molecule has 18 heavy (non-hydrogen) atoms. The number of ether oxygens (including phenoxy) is 2. The Balaban J connectivity index is 1.96. The van der Waals surface area contributed by atoms with Crippen LogP contribution in [0.15, 0.2) is 73.2 Å². The van der Waals surface area contributed by atoms with Crippen molar-refractivity contribution in [2.45, 2.75) is 12.2 Å². The number of hydrogen-bond acceptors (Lipinski definition) is 2. The first-order valence-electron chi connectivity index (χ1n) is 5.97. The summed E-state index contributed by atoms with van der Waals surface area (Å²) in [5.41, 5.74) is 2.20. The molecule has 1 fully saturated rings. The van der Waals surface area contributed by atoms with Crippen LogP contribution in [0.1, 0.15) is 23.3 Å². The highest BCUT2D eigenvalue weighted by atomic mass is 16.7. The van der Waals surface area contributed by atoms with Crippen LogP contribution in [0.5, 0.6) is 0 Å². The molecule has 2 nitrogen and oxygen atoms in total. The molecule has 0 aromatic heterocycles. The van der Waals surface area contributed by atoms with Gasteiger partial charge in [0.15, 0.2) is 12.2 Å². The Bertz CT molecular complexity index is 484. The summed E-state index contributed by atoms with van der Waals surface area (Å²) in [7, 11) is 0. The van der Waals surface area contributed by atoms with E-state index < -0.39 is 0 Å². The van der Waals surface area contributed by atoms with E-state index in [4.69, 9.17) is 9.47 Å². The minimum absolute atomic E-state index is 0.124. The molecule has 1 aliphatic rings. The summed E-state index contributed by atoms with van der Waals surface area (Å²) in [4.78, 5) is 0. The molecular formula is C16H14O2. The number of benzene rings is 2. The Hall–Kier alpha value is -2.22. The van der Waals surface area contributed by atoms with Crippen LogP contribution in [0.4, 0.5) is 0 Å². The van der Waals surface area contributed by atoms with Crippen molar-refractivity contribution in [3.8, 4) is 0 Å². The Kier molecular flexibility index (Phi) is 2.77. The molecule has 0 saturated carbocycles. The van der Waals surface area contributed by atoms with Crippen molar-refractivity contribution in [3.63, 3.8) is 0 Å². The second-order valence-electron chi connectivity index (χ2n) is 4.27. The van der Waals surface area contributed by atoms with E-state index in [0.717, 1.165) is 11.1 Å². The Morgan fingerprint density at radius 1 is 0.667 bits per heavy atom. The number of hydrogen-bond donors (Lipinski definition) is 0. The van der Waals surface area contributed by atoms with Crippen LogP contribution in [0, 0.1) is 0 Å². The highest BCUT2D eigenvalue weighted by molar-refractivity contribution is 5.27. The van der Waals surface area contributed by atoms with Gasteiger partial charge in [0.1, 0.15) is 0 Å². The normalized spacial score (nSPS) is 22.3. The third-order valence-corrected chi connectivity index (χ3v) is 3.05. The minimum atomic E-state index is -0.124. The average Bonchev–Trinajstić information content (AvgIpc) is 2.83. The molecule has 2 aromatic rings. The van der Waals surface area contributed by atoms with Gasteiger partial charge in [0.2, 0.25) is 0 Å². The van der Waals surface area contributed by atoms with Crippen LogP contribution >= 0.6 is 0 Å². The molecule has 0 spiro atoms. The van der Waals surface area contributed by atoms with Gasteiger partial charge in [-0.1, -0.05) is 60.7 Å². The van der Waals surface area contributed by atoms with Crippen LogP contribution in [-0.2, 0) is 9.47 Å². The van der Waals surface area contributed by atoms with Crippen LogP contribution in [0.2, 0.25) is 0 Å². The van der Waals surface area contributed by atoms with E-state index in [1.165, 1.54) is 0 Å². The van der Waals surface area contributed by atoms with Crippen LogP contribution in [0.25, 0.3) is 0 Å². The first kappa shape index (κ1) is 10.9. The quantitative estimate of drug-likeness (QED) is 0.787. The molecule has 0 amide bonds. The summed E-state index contributed by atoms with van der Waals surface area (Å²) in [6, 6.07) is 20.2. The fourth-order valence-electron chi connectivity index (χ4n) is 2.21. The monoisotopic (exact) mass is 238 g/mol. The molecule has 90 valence electrons. The zero-order valence-electron chi connectivity index (χ0n) is 9.95. The van der Waals surface area contributed by atoms with Crippen molar-refractivity contribution in [2.75, 3.05) is 0 Å². The molecule has 3 rings (SSSR count). The lowest BCUT2D eigenvalue weighted by Crippen LogP contribution is -2.06. The summed E-state index contributed by atoms with van der Waals surface area (Å²) in [6.07, 6.45) is -0.248. The largest absolute Gasteiger partial charge is 0.453 e. The van der Waals surface area contributed by atoms with Gasteiger partial charge in [-0.3, -0.25) is 0 Å². The van der Waals surface area contributed by atoms with Crippen molar-refractivity contribution < 1.29 is 9.47 Å². The lowest BCUT2D eigenvalue weighted by atomic mass is 9.99. The molecule has 2 heteroatoms. The summed E-state index contributed by atoms with van der Waals surface area (Å²) in [5, 5.41) is 0. The minimum Gasteiger partial charge on any atom is -0.453 e. The van der Waals surface area contributed by atoms with E-state index in [2.05, 4.69) is 6.58 Å². The second kappa shape index (κ2) is 4.57. The summed E-state index contributed by atoms with van der Waals surface area (Å²) in [5.74, 6) is 0.387. The summed E-state index contributed by atoms with van der Waals surface area (Å²) in [6.45, 7) is 3.76. The lowest BCUT2D eigenvalue weighted by molar-refractivity contribution is 0.142. The van der Waals surface area contributed by atoms with Gasteiger partial charge in [0.05, 0.1) is 0 Å². The predicted molar refractivity (Wildman–Crippen MR) is 69.7 cm³/mol. The molecule has 2 aromatic carbocycles. The van der Waals surface area contributed by atoms with Crippen LogP contribution in [-0.4, -0.2) is 0 Å². The van der Waals surface area contributed by atoms with Gasteiger partial charge < -0.3 is 9.47 Å². The van der Waals surface area contributed by atoms with Crippen molar-refractivity contribution >= 4 is 0 Å². The topological polar surface area (TPSA) is 18.5 Å². The standard InChI is InChI=1S/C16H14O2/c1-12-17-15(13-8-4-2-5-9-13)16(18-12)14-10-6-3-7-11-14/h2-11,15-16H,1H2/t15-,16-/m0/s1. The van der Waals surface area contributed by atoms with Crippen LogP contribution < -0.4 is 0 Å². The molecule has 1 heterocycles. The first-order valence-corrected chi connectivity index (χ1v) is 5.97. The predicted octanol–water partition coefficient (Wildman–Crippen LogP) is 3.99. The van der Waals surface area contributed by atoms with Gasteiger partial charge in [-0.15, -0.1) is 0 Å². The maximum Gasteiger partial charge on any atom is 0.273 e. The molecular weight excluding hydrogens is 224 g/mol. The van der Waals surface area contributed by atoms with E-state index in [1.54, 1.807) is 0 Å². The molecule has 0 bridgehead atoms. The molecule has 0 N–H and O–H groups in total. The summed E-state index contributed by atoms with van der Waals surface area (Å²) < 4.78 is 11.4. The zero-order valence-corrected chi connectivity index (χ0v) is 9.95. The van der Waals surface area contributed by atoms with Crippen LogP contribution in [0.3, 0.4) is 0 Å². The van der Waals surface area contributed by atoms with Gasteiger partial charge in [-0.2, -0.15) is 0 Å². The first-order chi connectivity index (χ1) is 8.84. The highest BCUT2D eigenvalue weighted by Crippen LogP contribution is 2.43. The molecule has 0 radical (unpaired) electrons. The zero-order chi connectivity index (χ0) is 12.4. The van der Waals surface area contributed by atoms with E-state index in [1.807, 2.05) is 60.7 Å². The molecule has 0 unspecified atom stereocenters. The Morgan fingerprint density at radius 3 is 1.44 bits per heavy atom. The second-order valence-corrected chi connectivity index (χ2v) is 4.27. The third-order valence-electron chi connectivity index (χ3n) is 3.05. The fraction of sp³-hybridized carbons (Fsp3) is 0.125. The fourth-order valence-corrected chi connectivity index (χ4v) is 2.21. The van der Waals surface area contributed by atoms with E-state index >= 15 is 0 Å². The lowest BCUT2D eigenvalue weighted by Gasteiger charge is -2.16. The molecule has 0 aliphatic carbocycles. The highest BCUT2D eigenvalue weighted by Gasteiger charge is 2.35. The molecule has 1 saturated heterocycles. The van der Waals surface area contributed by atoms with Crippen molar-refractivity contribution in [1.29, 1.82) is 0 Å². The van der Waals surface area contributed by atoms with E-state index in [0.29, 0.717) is 5.95 Å². The summed E-state index contributed by atoms with van der Waals surface area (Å²) >= 11 is 0. The van der Waals surface area contributed by atoms with Crippen molar-refractivity contribution in [3.05, 3.63) is 84.3 Å². The van der Waals surface area contributed by atoms with Gasteiger partial charge >= 0.3 is 0 Å². The van der Waals surface area contributed by atoms with Gasteiger partial charge in [-0.05, 0) is 17.7 Å². The Morgan fingerprint density at radius 2 is 1.06 bits per heavy atom. The maximum absolute atomic E-state index is 5.70. The smallest absolute Gasteiger partial charge is 0.273 e. The maximum atomic E-state index is 5.70. The third kappa shape index (κ3) is 1.97. The molecule has 1 aliphatic heterocycles. The van der Waals surface area contributed by atoms with E-state index in [-0.39, 0.29) is 12.2 Å². The van der Waals surface area contributed by atoms with Crippen molar-refractivity contribution in [2.24, 2.45) is 0 Å². The van der Waals surface area contributed by atoms with Gasteiger partial charge in [0.25, 0.3) is 5.95 Å². The van der Waals surface area contributed by atoms with Crippen molar-refractivity contribution in [1.82, 2.24) is 0 Å². The van der Waals surface area contributed by atoms with Gasteiger partial charge in [-0.25, -0.2) is 0 Å². The average molecular weight is 238 g/mol.